The molecule has 0 radical (unpaired) electrons. The molecule has 3 aromatic rings. The summed E-state index contributed by atoms with van der Waals surface area (Å²) in [5, 5.41) is 6.65. The fourth-order valence-electron chi connectivity index (χ4n) is 4.43. The fraction of sp³-hybridized carbons (Fsp3) is 0.360. The van der Waals surface area contributed by atoms with E-state index in [2.05, 4.69) is 10.5 Å². The smallest absolute Gasteiger partial charge is 0.277 e. The van der Waals surface area contributed by atoms with Crippen LogP contribution in [0.25, 0.3) is 11.3 Å². The molecule has 0 bridgehead atoms. The number of rotatable bonds is 5. The topological polar surface area (TPSA) is 102 Å². The van der Waals surface area contributed by atoms with Gasteiger partial charge in [0, 0.05) is 36.8 Å². The zero-order valence-electron chi connectivity index (χ0n) is 19.0. The number of amides is 1. The summed E-state index contributed by atoms with van der Waals surface area (Å²) < 4.78 is 38.5. The molecule has 1 aromatic heterocycles. The van der Waals surface area contributed by atoms with Gasteiger partial charge >= 0.3 is 0 Å². The molecular formula is C25H27N3O5S. The van der Waals surface area contributed by atoms with Gasteiger partial charge < -0.3 is 14.6 Å². The zero-order chi connectivity index (χ0) is 23.7. The number of fused-ring (bicyclic) bond motifs is 1. The molecule has 9 heteroatoms. The molecule has 1 N–H and O–H groups in total. The molecule has 5 rings (SSSR count). The largest absolute Gasteiger partial charge is 0.490 e. The number of anilines is 1. The molecule has 2 aromatic carbocycles. The molecular weight excluding hydrogens is 454 g/mol. The van der Waals surface area contributed by atoms with Gasteiger partial charge in [-0.25, -0.2) is 8.42 Å². The maximum Gasteiger partial charge on any atom is 0.277 e. The maximum absolute atomic E-state index is 12.9. The molecule has 0 aliphatic carbocycles. The van der Waals surface area contributed by atoms with Crippen LogP contribution in [0, 0.1) is 0 Å². The second-order valence-corrected chi connectivity index (χ2v) is 10.8. The number of carbonyl (C=O) groups is 1. The summed E-state index contributed by atoms with van der Waals surface area (Å²) in [6.45, 7) is 3.12. The Bertz CT molecular complexity index is 1290. The number of ether oxygens (including phenoxy) is 1. The molecule has 2 aliphatic heterocycles. The Balaban J connectivity index is 1.26. The van der Waals surface area contributed by atoms with Crippen LogP contribution in [0.15, 0.2) is 57.9 Å². The average Bonchev–Trinajstić information content (AvgIpc) is 3.36. The van der Waals surface area contributed by atoms with Gasteiger partial charge in [0.05, 0.1) is 4.90 Å². The summed E-state index contributed by atoms with van der Waals surface area (Å²) in [4.78, 5) is 12.9. The lowest BCUT2D eigenvalue weighted by atomic mass is 10.1. The monoisotopic (exact) mass is 481 g/mol. The van der Waals surface area contributed by atoms with Gasteiger partial charge in [-0.05, 0) is 67.8 Å². The third-order valence-electron chi connectivity index (χ3n) is 6.24. The molecule has 0 saturated carbocycles. The van der Waals surface area contributed by atoms with Crippen molar-refractivity contribution in [2.24, 2.45) is 0 Å². The van der Waals surface area contributed by atoms with E-state index in [1.165, 1.54) is 12.1 Å². The fourth-order valence-corrected chi connectivity index (χ4v) is 5.95. The first kappa shape index (κ1) is 22.6. The summed E-state index contributed by atoms with van der Waals surface area (Å²) in [5.74, 6) is 0.928. The minimum absolute atomic E-state index is 0.140. The quantitative estimate of drug-likeness (QED) is 0.576. The molecule has 1 amide bonds. The number of hydrogen-bond donors (Lipinski definition) is 1. The molecule has 1 saturated heterocycles. The van der Waals surface area contributed by atoms with Crippen molar-refractivity contribution in [3.8, 4) is 17.1 Å². The minimum Gasteiger partial charge on any atom is -0.490 e. The highest BCUT2D eigenvalue weighted by Crippen LogP contribution is 2.33. The van der Waals surface area contributed by atoms with Crippen LogP contribution >= 0.6 is 0 Å². The summed E-state index contributed by atoms with van der Waals surface area (Å²) in [6, 6.07) is 13.6. The van der Waals surface area contributed by atoms with E-state index >= 15 is 0 Å². The molecule has 1 atom stereocenters. The van der Waals surface area contributed by atoms with E-state index in [9.17, 15) is 13.2 Å². The van der Waals surface area contributed by atoms with Crippen molar-refractivity contribution in [2.45, 2.75) is 50.0 Å². The second-order valence-electron chi connectivity index (χ2n) is 8.83. The van der Waals surface area contributed by atoms with Gasteiger partial charge in [0.1, 0.15) is 11.9 Å². The van der Waals surface area contributed by atoms with Crippen LogP contribution in [0.3, 0.4) is 0 Å². The van der Waals surface area contributed by atoms with Gasteiger partial charge in [-0.2, -0.15) is 4.31 Å². The molecule has 1 unspecified atom stereocenters. The van der Waals surface area contributed by atoms with Crippen molar-refractivity contribution in [1.82, 2.24) is 9.46 Å². The van der Waals surface area contributed by atoms with Crippen LogP contribution < -0.4 is 10.1 Å². The standard InChI is InChI=1S/C25H27N3O5S/c1-17-14-19-15-18(6-11-23(19)32-17)24-16-22(27-33-24)25(29)26-20-7-9-21(10-8-20)34(30,31)28-12-4-2-3-5-13-28/h6-11,15-17H,2-5,12-14H2,1H3,(H,26,29). The summed E-state index contributed by atoms with van der Waals surface area (Å²) in [7, 11) is -3.53. The van der Waals surface area contributed by atoms with Gasteiger partial charge in [-0.1, -0.05) is 18.0 Å². The Morgan fingerprint density at radius 2 is 1.76 bits per heavy atom. The van der Waals surface area contributed by atoms with Gasteiger partial charge in [0.2, 0.25) is 10.0 Å². The molecule has 1 fully saturated rings. The lowest BCUT2D eigenvalue weighted by Crippen LogP contribution is -2.31. The molecule has 2 aliphatic rings. The predicted molar refractivity (Wildman–Crippen MR) is 127 cm³/mol. The maximum atomic E-state index is 12.9. The van der Waals surface area contributed by atoms with E-state index in [0.717, 1.165) is 49.0 Å². The van der Waals surface area contributed by atoms with Crippen molar-refractivity contribution in [3.05, 3.63) is 59.8 Å². The Labute approximate surface area is 198 Å². The van der Waals surface area contributed by atoms with Crippen LogP contribution in [-0.2, 0) is 16.4 Å². The molecule has 0 spiro atoms. The SMILES string of the molecule is CC1Cc2cc(-c3cc(C(=O)Nc4ccc(S(=O)(=O)N5CCCCCC5)cc4)no3)ccc2O1. The van der Waals surface area contributed by atoms with Crippen molar-refractivity contribution in [2.75, 3.05) is 18.4 Å². The molecule has 8 nitrogen and oxygen atoms in total. The van der Waals surface area contributed by atoms with Gasteiger partial charge in [0.25, 0.3) is 5.91 Å². The number of nitrogens with one attached hydrogen (secondary N) is 1. The Morgan fingerprint density at radius 3 is 2.50 bits per heavy atom. The highest BCUT2D eigenvalue weighted by molar-refractivity contribution is 7.89. The van der Waals surface area contributed by atoms with Gasteiger partial charge in [0.15, 0.2) is 11.5 Å². The van der Waals surface area contributed by atoms with Crippen molar-refractivity contribution >= 4 is 21.6 Å². The minimum atomic E-state index is -3.53. The first-order valence-electron chi connectivity index (χ1n) is 11.6. The highest BCUT2D eigenvalue weighted by Gasteiger charge is 2.25. The second kappa shape index (κ2) is 9.23. The van der Waals surface area contributed by atoms with Crippen LogP contribution in [-0.4, -0.2) is 43.0 Å². The Kier molecular flexibility index (Phi) is 6.14. The lowest BCUT2D eigenvalue weighted by molar-refractivity contribution is 0.101. The third-order valence-corrected chi connectivity index (χ3v) is 8.15. The number of hydrogen-bond acceptors (Lipinski definition) is 6. The van der Waals surface area contributed by atoms with E-state index in [4.69, 9.17) is 9.26 Å². The van der Waals surface area contributed by atoms with Gasteiger partial charge in [-0.15, -0.1) is 0 Å². The molecule has 34 heavy (non-hydrogen) atoms. The number of aromatic nitrogens is 1. The normalized spacial score (nSPS) is 18.7. The summed E-state index contributed by atoms with van der Waals surface area (Å²) >= 11 is 0. The van der Waals surface area contributed by atoms with Crippen molar-refractivity contribution < 1.29 is 22.5 Å². The summed E-state index contributed by atoms with van der Waals surface area (Å²) in [6.07, 6.45) is 4.85. The lowest BCUT2D eigenvalue weighted by Gasteiger charge is -2.20. The first-order valence-corrected chi connectivity index (χ1v) is 13.0. The number of sulfonamides is 1. The van der Waals surface area contributed by atoms with Crippen molar-refractivity contribution in [1.29, 1.82) is 0 Å². The van der Waals surface area contributed by atoms with Crippen molar-refractivity contribution in [3.63, 3.8) is 0 Å². The van der Waals surface area contributed by atoms with Crippen LogP contribution in [0.1, 0.15) is 48.7 Å². The highest BCUT2D eigenvalue weighted by atomic mass is 32.2. The molecule has 178 valence electrons. The van der Waals surface area contributed by atoms with E-state index < -0.39 is 15.9 Å². The van der Waals surface area contributed by atoms with Crippen LogP contribution in [0.2, 0.25) is 0 Å². The van der Waals surface area contributed by atoms with Gasteiger partial charge in [-0.3, -0.25) is 4.79 Å². The predicted octanol–water partition coefficient (Wildman–Crippen LogP) is 4.48. The zero-order valence-corrected chi connectivity index (χ0v) is 19.8. The number of benzene rings is 2. The Hall–Kier alpha value is -3.17. The number of nitrogens with zero attached hydrogens (tertiary/aromatic N) is 2. The Morgan fingerprint density at radius 1 is 1.03 bits per heavy atom. The van der Waals surface area contributed by atoms with E-state index in [1.54, 1.807) is 22.5 Å². The molecule has 3 heterocycles. The average molecular weight is 482 g/mol. The van der Waals surface area contributed by atoms with E-state index in [0.29, 0.717) is 24.5 Å². The van der Waals surface area contributed by atoms with E-state index in [-0.39, 0.29) is 16.7 Å². The first-order chi connectivity index (χ1) is 16.4. The third kappa shape index (κ3) is 4.58. The van der Waals surface area contributed by atoms with E-state index in [1.807, 2.05) is 25.1 Å². The summed E-state index contributed by atoms with van der Waals surface area (Å²) in [5.41, 5.74) is 2.54. The van der Waals surface area contributed by atoms with Crippen LogP contribution in [0.4, 0.5) is 5.69 Å². The van der Waals surface area contributed by atoms with Crippen LogP contribution in [0.5, 0.6) is 5.75 Å². The number of carbonyl (C=O) groups excluding carboxylic acids is 1.